The number of sulfonamides is 1. The van der Waals surface area contributed by atoms with Crippen LogP contribution in [0.2, 0.25) is 0 Å². The molecule has 1 N–H and O–H groups in total. The summed E-state index contributed by atoms with van der Waals surface area (Å²) in [7, 11) is -3.85. The van der Waals surface area contributed by atoms with Crippen molar-refractivity contribution >= 4 is 15.9 Å². The van der Waals surface area contributed by atoms with Crippen molar-refractivity contribution in [3.63, 3.8) is 0 Å². The summed E-state index contributed by atoms with van der Waals surface area (Å²) >= 11 is 0. The predicted molar refractivity (Wildman–Crippen MR) is 78.7 cm³/mol. The van der Waals surface area contributed by atoms with Crippen molar-refractivity contribution in [3.05, 3.63) is 24.3 Å². The zero-order valence-electron chi connectivity index (χ0n) is 12.8. The molecule has 1 aliphatic rings. The smallest absolute Gasteiger partial charge is 0.406 e. The molecule has 1 aliphatic heterocycles. The van der Waals surface area contributed by atoms with Crippen LogP contribution in [0, 0.1) is 0 Å². The fraction of sp³-hybridized carbons (Fsp3) is 0.500. The Bertz CT molecular complexity index is 689. The average Bonchev–Trinajstić information content (AvgIpc) is 2.45. The number of rotatable bonds is 4. The highest BCUT2D eigenvalue weighted by Crippen LogP contribution is 2.26. The Morgan fingerprint density at radius 1 is 1.29 bits per heavy atom. The molecule has 0 spiro atoms. The van der Waals surface area contributed by atoms with E-state index in [1.807, 2.05) is 0 Å². The molecule has 1 fully saturated rings. The molecule has 0 aliphatic carbocycles. The quantitative estimate of drug-likeness (QED) is 0.883. The first-order chi connectivity index (χ1) is 11.1. The third kappa shape index (κ3) is 4.84. The van der Waals surface area contributed by atoms with Gasteiger partial charge in [0.05, 0.1) is 4.90 Å². The molecular weight excluding hydrogens is 349 g/mol. The minimum Gasteiger partial charge on any atom is -0.406 e. The zero-order valence-corrected chi connectivity index (χ0v) is 13.7. The van der Waals surface area contributed by atoms with Gasteiger partial charge in [-0.1, -0.05) is 0 Å². The van der Waals surface area contributed by atoms with Gasteiger partial charge in [0.15, 0.2) is 0 Å². The van der Waals surface area contributed by atoms with Gasteiger partial charge in [0, 0.05) is 26.1 Å². The molecule has 1 amide bonds. The molecule has 1 heterocycles. The van der Waals surface area contributed by atoms with Crippen molar-refractivity contribution in [3.8, 4) is 5.75 Å². The molecule has 0 aromatic heterocycles. The van der Waals surface area contributed by atoms with Crippen molar-refractivity contribution in [2.75, 3.05) is 13.1 Å². The first-order valence-electron chi connectivity index (χ1n) is 7.21. The molecule has 1 aromatic carbocycles. The molecule has 10 heteroatoms. The lowest BCUT2D eigenvalue weighted by Crippen LogP contribution is -2.49. The van der Waals surface area contributed by atoms with Crippen LogP contribution in [0.3, 0.4) is 0 Å². The first kappa shape index (κ1) is 18.5. The SMILES string of the molecule is CC(=O)N[C@@H]1CCCN(S(=O)(=O)c2ccc(OC(F)(F)F)cc2)C1. The maximum Gasteiger partial charge on any atom is 0.573 e. The number of ether oxygens (including phenoxy) is 1. The molecule has 1 saturated heterocycles. The highest BCUT2D eigenvalue weighted by molar-refractivity contribution is 7.89. The van der Waals surface area contributed by atoms with E-state index in [1.165, 1.54) is 11.2 Å². The van der Waals surface area contributed by atoms with Crippen LogP contribution < -0.4 is 10.1 Å². The van der Waals surface area contributed by atoms with Crippen LogP contribution in [0.1, 0.15) is 19.8 Å². The molecule has 24 heavy (non-hydrogen) atoms. The maximum atomic E-state index is 12.6. The summed E-state index contributed by atoms with van der Waals surface area (Å²) in [4.78, 5) is 11.0. The second-order valence-corrected chi connectivity index (χ2v) is 7.36. The number of piperidine rings is 1. The Morgan fingerprint density at radius 3 is 2.46 bits per heavy atom. The third-order valence-corrected chi connectivity index (χ3v) is 5.37. The normalized spacial score (nSPS) is 19.8. The topological polar surface area (TPSA) is 75.7 Å². The van der Waals surface area contributed by atoms with Gasteiger partial charge in [-0.2, -0.15) is 4.31 Å². The number of nitrogens with zero attached hydrogens (tertiary/aromatic N) is 1. The molecule has 2 rings (SSSR count). The summed E-state index contributed by atoms with van der Waals surface area (Å²) in [6.45, 7) is 1.77. The van der Waals surface area contributed by atoms with Crippen molar-refractivity contribution in [2.24, 2.45) is 0 Å². The Kier molecular flexibility index (Phi) is 5.38. The van der Waals surface area contributed by atoms with Gasteiger partial charge < -0.3 is 10.1 Å². The number of hydrogen-bond donors (Lipinski definition) is 1. The minimum atomic E-state index is -4.83. The summed E-state index contributed by atoms with van der Waals surface area (Å²) in [5, 5.41) is 2.68. The number of nitrogens with one attached hydrogen (secondary N) is 1. The van der Waals surface area contributed by atoms with Gasteiger partial charge in [-0.05, 0) is 37.1 Å². The van der Waals surface area contributed by atoms with Gasteiger partial charge in [-0.3, -0.25) is 4.79 Å². The lowest BCUT2D eigenvalue weighted by Gasteiger charge is -2.32. The van der Waals surface area contributed by atoms with Crippen molar-refractivity contribution in [1.82, 2.24) is 9.62 Å². The highest BCUT2D eigenvalue weighted by Gasteiger charge is 2.32. The van der Waals surface area contributed by atoms with E-state index >= 15 is 0 Å². The lowest BCUT2D eigenvalue weighted by atomic mass is 10.1. The molecule has 1 atom stereocenters. The molecule has 0 unspecified atom stereocenters. The van der Waals surface area contributed by atoms with E-state index in [0.717, 1.165) is 24.3 Å². The van der Waals surface area contributed by atoms with Crippen LogP contribution in [0.15, 0.2) is 29.2 Å². The Hall–Kier alpha value is -1.81. The third-order valence-electron chi connectivity index (χ3n) is 3.49. The van der Waals surface area contributed by atoms with E-state index < -0.39 is 22.1 Å². The maximum absolute atomic E-state index is 12.6. The zero-order chi connectivity index (χ0) is 18.0. The van der Waals surface area contributed by atoms with Crippen molar-refractivity contribution in [2.45, 2.75) is 37.1 Å². The van der Waals surface area contributed by atoms with Crippen LogP contribution in [-0.2, 0) is 14.8 Å². The largest absolute Gasteiger partial charge is 0.573 e. The molecule has 6 nitrogen and oxygen atoms in total. The second kappa shape index (κ2) is 6.98. The van der Waals surface area contributed by atoms with Crippen LogP contribution in [-0.4, -0.2) is 44.1 Å². The van der Waals surface area contributed by atoms with Gasteiger partial charge in [-0.15, -0.1) is 13.2 Å². The van der Waals surface area contributed by atoms with Gasteiger partial charge in [0.1, 0.15) is 5.75 Å². The summed E-state index contributed by atoms with van der Waals surface area (Å²) in [5.41, 5.74) is 0. The number of halogens is 3. The van der Waals surface area contributed by atoms with E-state index in [-0.39, 0.29) is 23.4 Å². The molecule has 1 aromatic rings. The van der Waals surface area contributed by atoms with Crippen molar-refractivity contribution in [1.29, 1.82) is 0 Å². The first-order valence-corrected chi connectivity index (χ1v) is 8.65. The van der Waals surface area contributed by atoms with E-state index in [9.17, 15) is 26.4 Å². The lowest BCUT2D eigenvalue weighted by molar-refractivity contribution is -0.274. The summed E-state index contributed by atoms with van der Waals surface area (Å²) < 4.78 is 66.5. The van der Waals surface area contributed by atoms with E-state index in [1.54, 1.807) is 0 Å². The van der Waals surface area contributed by atoms with E-state index in [4.69, 9.17) is 0 Å². The Labute approximate surface area is 137 Å². The second-order valence-electron chi connectivity index (χ2n) is 5.42. The molecule has 0 radical (unpaired) electrons. The number of carbonyl (C=O) groups excluding carboxylic acids is 1. The van der Waals surface area contributed by atoms with Crippen molar-refractivity contribution < 1.29 is 31.1 Å². The fourth-order valence-corrected chi connectivity index (χ4v) is 4.05. The summed E-state index contributed by atoms with van der Waals surface area (Å²) in [6.07, 6.45) is -3.58. The van der Waals surface area contributed by atoms with E-state index in [2.05, 4.69) is 10.1 Å². The van der Waals surface area contributed by atoms with Gasteiger partial charge in [-0.25, -0.2) is 8.42 Å². The molecule has 0 bridgehead atoms. The average molecular weight is 366 g/mol. The number of benzene rings is 1. The number of carbonyl (C=O) groups is 1. The molecular formula is C14H17F3N2O4S. The Morgan fingerprint density at radius 2 is 1.92 bits per heavy atom. The van der Waals surface area contributed by atoms with Crippen LogP contribution in [0.5, 0.6) is 5.75 Å². The molecule has 0 saturated carbocycles. The summed E-state index contributed by atoms with van der Waals surface area (Å²) in [5.74, 6) is -0.732. The Balaban J connectivity index is 2.13. The number of amides is 1. The molecule has 134 valence electrons. The minimum absolute atomic E-state index is 0.125. The predicted octanol–water partition coefficient (Wildman–Crippen LogP) is 1.87. The van der Waals surface area contributed by atoms with E-state index in [0.29, 0.717) is 19.4 Å². The summed E-state index contributed by atoms with van der Waals surface area (Å²) in [6, 6.07) is 3.76. The highest BCUT2D eigenvalue weighted by atomic mass is 32.2. The van der Waals surface area contributed by atoms with Gasteiger partial charge in [0.25, 0.3) is 0 Å². The number of hydrogen-bond acceptors (Lipinski definition) is 4. The van der Waals surface area contributed by atoms with Gasteiger partial charge >= 0.3 is 6.36 Å². The monoisotopic (exact) mass is 366 g/mol. The number of alkyl halides is 3. The standard InChI is InChI=1S/C14H17F3N2O4S/c1-10(20)18-11-3-2-8-19(9-11)24(21,22)13-6-4-12(5-7-13)23-14(15,16)17/h4-7,11H,2-3,8-9H2,1H3,(H,18,20)/t11-/m1/s1. The van der Waals surface area contributed by atoms with Gasteiger partial charge in [0.2, 0.25) is 15.9 Å². The van der Waals surface area contributed by atoms with Crippen LogP contribution >= 0.6 is 0 Å². The van der Waals surface area contributed by atoms with Crippen LogP contribution in [0.25, 0.3) is 0 Å². The van der Waals surface area contributed by atoms with Crippen LogP contribution in [0.4, 0.5) is 13.2 Å². The fourth-order valence-electron chi connectivity index (χ4n) is 2.53.